The van der Waals surface area contributed by atoms with Crippen LogP contribution in [-0.4, -0.2) is 24.5 Å². The van der Waals surface area contributed by atoms with Crippen molar-refractivity contribution in [2.24, 2.45) is 0 Å². The summed E-state index contributed by atoms with van der Waals surface area (Å²) < 4.78 is 5.29. The first-order chi connectivity index (χ1) is 9.06. The van der Waals surface area contributed by atoms with Gasteiger partial charge >= 0.3 is 11.8 Å². The zero-order valence-corrected chi connectivity index (χ0v) is 11.5. The molecule has 104 valence electrons. The Morgan fingerprint density at radius 2 is 1.79 bits per heavy atom. The molecule has 19 heavy (non-hydrogen) atoms. The minimum atomic E-state index is -0.663. The number of carbonyl (C=O) groups excluding carboxylic acids is 2. The second-order valence-electron chi connectivity index (χ2n) is 4.19. The molecule has 0 heterocycles. The lowest BCUT2D eigenvalue weighted by molar-refractivity contribution is -0.136. The molecular weight excluding hydrogens is 244 g/mol. The summed E-state index contributed by atoms with van der Waals surface area (Å²) in [6.07, 6.45) is 0.780. The Bertz CT molecular complexity index is 429. The van der Waals surface area contributed by atoms with E-state index in [9.17, 15) is 9.59 Å². The van der Waals surface area contributed by atoms with Gasteiger partial charge in [-0.1, -0.05) is 6.92 Å². The number of rotatable bonds is 5. The van der Waals surface area contributed by atoms with Crippen LogP contribution in [0.4, 0.5) is 5.69 Å². The maximum atomic E-state index is 11.6. The van der Waals surface area contributed by atoms with Gasteiger partial charge in [-0.05, 0) is 44.5 Å². The minimum Gasteiger partial charge on any atom is -0.494 e. The normalized spacial score (nSPS) is 11.5. The highest BCUT2D eigenvalue weighted by molar-refractivity contribution is 6.39. The summed E-state index contributed by atoms with van der Waals surface area (Å²) >= 11 is 0. The van der Waals surface area contributed by atoms with Gasteiger partial charge in [0.1, 0.15) is 5.75 Å². The monoisotopic (exact) mass is 264 g/mol. The van der Waals surface area contributed by atoms with Crippen LogP contribution in [0.3, 0.4) is 0 Å². The molecule has 1 aromatic carbocycles. The standard InChI is InChI=1S/C14H20N2O3/c1-4-10(3)15-13(17)14(18)16-11-6-8-12(9-7-11)19-5-2/h6-10H,4-5H2,1-3H3,(H,15,17)(H,16,18)/t10-/m0/s1. The Morgan fingerprint density at radius 1 is 1.16 bits per heavy atom. The molecule has 0 aliphatic heterocycles. The SMILES string of the molecule is CCOc1ccc(NC(=O)C(=O)N[C@@H](C)CC)cc1. The molecule has 1 atom stereocenters. The van der Waals surface area contributed by atoms with Crippen LogP contribution in [0.5, 0.6) is 5.75 Å². The third-order valence-corrected chi connectivity index (χ3v) is 2.62. The molecule has 0 saturated carbocycles. The molecule has 0 spiro atoms. The van der Waals surface area contributed by atoms with Gasteiger partial charge in [0.2, 0.25) is 0 Å². The number of hydrogen-bond acceptors (Lipinski definition) is 3. The van der Waals surface area contributed by atoms with Crippen LogP contribution in [0.25, 0.3) is 0 Å². The lowest BCUT2D eigenvalue weighted by Gasteiger charge is -2.11. The fourth-order valence-corrected chi connectivity index (χ4v) is 1.38. The Morgan fingerprint density at radius 3 is 2.32 bits per heavy atom. The quantitative estimate of drug-likeness (QED) is 0.799. The summed E-state index contributed by atoms with van der Waals surface area (Å²) in [6, 6.07) is 6.86. The molecule has 0 fully saturated rings. The average Bonchev–Trinajstić information content (AvgIpc) is 2.41. The van der Waals surface area contributed by atoms with Crippen molar-refractivity contribution >= 4 is 17.5 Å². The Labute approximate surface area is 113 Å². The van der Waals surface area contributed by atoms with Crippen LogP contribution in [0.15, 0.2) is 24.3 Å². The lowest BCUT2D eigenvalue weighted by Crippen LogP contribution is -2.40. The van der Waals surface area contributed by atoms with Crippen molar-refractivity contribution in [1.82, 2.24) is 5.32 Å². The van der Waals surface area contributed by atoms with Gasteiger partial charge in [-0.25, -0.2) is 0 Å². The molecule has 0 aliphatic carbocycles. The number of amides is 2. The van der Waals surface area contributed by atoms with Crippen LogP contribution < -0.4 is 15.4 Å². The fourth-order valence-electron chi connectivity index (χ4n) is 1.38. The average molecular weight is 264 g/mol. The number of hydrogen-bond donors (Lipinski definition) is 2. The number of anilines is 1. The van der Waals surface area contributed by atoms with Gasteiger partial charge in [0, 0.05) is 11.7 Å². The van der Waals surface area contributed by atoms with Crippen LogP contribution in [0.2, 0.25) is 0 Å². The topological polar surface area (TPSA) is 67.4 Å². The summed E-state index contributed by atoms with van der Waals surface area (Å²) in [5, 5.41) is 5.14. The Hall–Kier alpha value is -2.04. The minimum absolute atomic E-state index is 0.0152. The van der Waals surface area contributed by atoms with E-state index >= 15 is 0 Å². The molecule has 0 bridgehead atoms. The highest BCUT2D eigenvalue weighted by Crippen LogP contribution is 2.15. The molecule has 1 rings (SSSR count). The van der Waals surface area contributed by atoms with Crippen molar-refractivity contribution < 1.29 is 14.3 Å². The van der Waals surface area contributed by atoms with Crippen LogP contribution >= 0.6 is 0 Å². The Balaban J connectivity index is 2.54. The molecule has 1 aromatic rings. The maximum absolute atomic E-state index is 11.6. The Kier molecular flexibility index (Phi) is 5.85. The van der Waals surface area contributed by atoms with Gasteiger partial charge in [0.25, 0.3) is 0 Å². The summed E-state index contributed by atoms with van der Waals surface area (Å²) in [6.45, 7) is 6.27. The number of carbonyl (C=O) groups is 2. The first kappa shape index (κ1) is 15.0. The van der Waals surface area contributed by atoms with Gasteiger partial charge in [-0.15, -0.1) is 0 Å². The summed E-state index contributed by atoms with van der Waals surface area (Å²) in [7, 11) is 0. The van der Waals surface area contributed by atoms with E-state index in [4.69, 9.17) is 4.74 Å². The van der Waals surface area contributed by atoms with Gasteiger partial charge < -0.3 is 15.4 Å². The molecule has 5 heteroatoms. The fraction of sp³-hybridized carbons (Fsp3) is 0.429. The predicted molar refractivity (Wildman–Crippen MR) is 74.1 cm³/mol. The van der Waals surface area contributed by atoms with Crippen LogP contribution in [0, 0.1) is 0 Å². The zero-order valence-electron chi connectivity index (χ0n) is 11.5. The summed E-state index contributed by atoms with van der Waals surface area (Å²) in [5.74, 6) is -0.558. The van der Waals surface area contributed by atoms with Crippen LogP contribution in [-0.2, 0) is 9.59 Å². The smallest absolute Gasteiger partial charge is 0.313 e. The van der Waals surface area contributed by atoms with E-state index in [2.05, 4.69) is 10.6 Å². The van der Waals surface area contributed by atoms with E-state index in [1.807, 2.05) is 20.8 Å². The summed E-state index contributed by atoms with van der Waals surface area (Å²) in [4.78, 5) is 23.2. The second kappa shape index (κ2) is 7.41. The van der Waals surface area contributed by atoms with Gasteiger partial charge in [-0.3, -0.25) is 9.59 Å². The zero-order chi connectivity index (χ0) is 14.3. The van der Waals surface area contributed by atoms with Crippen molar-refractivity contribution in [1.29, 1.82) is 0 Å². The summed E-state index contributed by atoms with van der Waals surface area (Å²) in [5.41, 5.74) is 0.563. The lowest BCUT2D eigenvalue weighted by atomic mass is 10.2. The van der Waals surface area contributed by atoms with E-state index in [0.29, 0.717) is 12.3 Å². The maximum Gasteiger partial charge on any atom is 0.313 e. The first-order valence-electron chi connectivity index (χ1n) is 6.41. The molecular formula is C14H20N2O3. The van der Waals surface area contributed by atoms with E-state index in [1.54, 1.807) is 24.3 Å². The number of ether oxygens (including phenoxy) is 1. The molecule has 2 amide bonds. The van der Waals surface area contributed by atoms with E-state index in [-0.39, 0.29) is 6.04 Å². The molecule has 0 saturated heterocycles. The largest absolute Gasteiger partial charge is 0.494 e. The van der Waals surface area contributed by atoms with E-state index < -0.39 is 11.8 Å². The molecule has 2 N–H and O–H groups in total. The highest BCUT2D eigenvalue weighted by atomic mass is 16.5. The van der Waals surface area contributed by atoms with Crippen molar-refractivity contribution in [2.75, 3.05) is 11.9 Å². The molecule has 0 aliphatic rings. The molecule has 5 nitrogen and oxygen atoms in total. The number of nitrogens with one attached hydrogen (secondary N) is 2. The van der Waals surface area contributed by atoms with Crippen LogP contribution in [0.1, 0.15) is 27.2 Å². The molecule has 0 unspecified atom stereocenters. The van der Waals surface area contributed by atoms with Gasteiger partial charge in [-0.2, -0.15) is 0 Å². The van der Waals surface area contributed by atoms with Crippen molar-refractivity contribution in [2.45, 2.75) is 33.2 Å². The molecule has 0 radical (unpaired) electrons. The first-order valence-corrected chi connectivity index (χ1v) is 6.41. The van der Waals surface area contributed by atoms with Crippen molar-refractivity contribution in [3.63, 3.8) is 0 Å². The third-order valence-electron chi connectivity index (χ3n) is 2.62. The van der Waals surface area contributed by atoms with Gasteiger partial charge in [0.15, 0.2) is 0 Å². The predicted octanol–water partition coefficient (Wildman–Crippen LogP) is 1.94. The molecule has 0 aromatic heterocycles. The second-order valence-corrected chi connectivity index (χ2v) is 4.19. The van der Waals surface area contributed by atoms with Crippen molar-refractivity contribution in [3.05, 3.63) is 24.3 Å². The van der Waals surface area contributed by atoms with E-state index in [0.717, 1.165) is 12.2 Å². The highest BCUT2D eigenvalue weighted by Gasteiger charge is 2.15. The van der Waals surface area contributed by atoms with Gasteiger partial charge in [0.05, 0.1) is 6.61 Å². The van der Waals surface area contributed by atoms with E-state index in [1.165, 1.54) is 0 Å². The third kappa shape index (κ3) is 4.99. The van der Waals surface area contributed by atoms with Crippen molar-refractivity contribution in [3.8, 4) is 5.75 Å². The number of benzene rings is 1.